The molecule has 13 rings (SSSR count). The molecule has 7 aromatic rings. The van der Waals surface area contributed by atoms with Crippen molar-refractivity contribution in [3.8, 4) is 44.5 Å². The molecular formula is C68H54F16N4O20. The van der Waals surface area contributed by atoms with Crippen LogP contribution in [0, 0.1) is 93.1 Å². The van der Waals surface area contributed by atoms with Gasteiger partial charge in [-0.2, -0.15) is 0 Å². The van der Waals surface area contributed by atoms with Crippen LogP contribution in [0.4, 0.5) is 70.2 Å². The molecule has 4 aromatic carbocycles. The lowest BCUT2D eigenvalue weighted by Gasteiger charge is -2.40. The molecule has 6 aliphatic heterocycles. The summed E-state index contributed by atoms with van der Waals surface area (Å²) in [4.78, 5) is 13.0. The second kappa shape index (κ2) is 29.1. The topological polar surface area (TPSA) is 418 Å². The first kappa shape index (κ1) is 77.7. The molecule has 9 heterocycles. The Kier molecular flexibility index (Phi) is 20.9. The number of H-pyrrole nitrogens is 2. The number of benzene rings is 4. The minimum Gasteiger partial charge on any atom is -0.394 e. The fourth-order valence-corrected chi connectivity index (χ4v) is 14.1. The number of halogens is 16. The van der Waals surface area contributed by atoms with Crippen LogP contribution in [0.2, 0.25) is 0 Å². The van der Waals surface area contributed by atoms with Crippen LogP contribution in [-0.2, 0) is 18.9 Å². The van der Waals surface area contributed by atoms with Gasteiger partial charge < -0.3 is 111 Å². The molecule has 20 atom stereocenters. The monoisotopic (exact) mass is 1550 g/mol. The normalized spacial score (nSPS) is 29.4. The molecule has 4 fully saturated rings. The zero-order valence-electron chi connectivity index (χ0n) is 53.7. The second-order valence-electron chi connectivity index (χ2n) is 25.7. The predicted molar refractivity (Wildman–Crippen MR) is 331 cm³/mol. The van der Waals surface area contributed by atoms with Crippen LogP contribution >= 0.6 is 0 Å². The summed E-state index contributed by atoms with van der Waals surface area (Å²) in [5.41, 5.74) is -30.3. The van der Waals surface area contributed by atoms with Gasteiger partial charge in [0.15, 0.2) is 93.1 Å². The predicted octanol–water partition coefficient (Wildman–Crippen LogP) is 3.61. The molecule has 6 aliphatic rings. The van der Waals surface area contributed by atoms with Gasteiger partial charge in [0, 0.05) is 44.3 Å². The van der Waals surface area contributed by atoms with Crippen molar-refractivity contribution in [2.45, 2.75) is 122 Å². The zero-order chi connectivity index (χ0) is 78.5. The molecule has 24 nitrogen and oxygen atoms in total. The van der Waals surface area contributed by atoms with Crippen molar-refractivity contribution >= 4 is 46.4 Å². The summed E-state index contributed by atoms with van der Waals surface area (Å²) in [6.07, 6.45) is -46.7. The Hall–Kier alpha value is -8.44. The summed E-state index contributed by atoms with van der Waals surface area (Å²) in [7, 11) is 0. The van der Waals surface area contributed by atoms with E-state index in [1.807, 2.05) is 0 Å². The maximum absolute atomic E-state index is 17.6. The second-order valence-corrected chi connectivity index (χ2v) is 25.7. The molecule has 4 saturated heterocycles. The van der Waals surface area contributed by atoms with Gasteiger partial charge in [0.05, 0.1) is 93.7 Å². The van der Waals surface area contributed by atoms with Crippen LogP contribution in [0.3, 0.4) is 0 Å². The molecule has 18 N–H and O–H groups in total. The number of hydrogen-bond donors (Lipinski definition) is 18. The largest absolute Gasteiger partial charge is 0.394 e. The SMILES string of the molecule is OC[C@H]1O[C@@H](c2c(F)c(F)c(-c3c4nc(c(-c5c(F)c(F)c([C@@H]6O[C@H](CO)[C@@H](O)[C@H](O)[C@H]6O)c(F)c5F)c5ccc([nH]5)c(-c5c(F)c(F)c([C@@H]6O[C@H](CO)[C@@H](O)[C@H](O)[C@H]6O)c(F)c5F)c5nc(c(-c6c(F)c(F)c([C@@H]7O[C@H](CO)[C@@H](O)[C@H](O)[C@H]7O)c(F)c6F)c6ccc3[nH]6)C=C5)C=C4)c(F)c2F)[C@H](O)[C@@H](O)[C@@H]1O. The maximum atomic E-state index is 17.6. The third kappa shape index (κ3) is 12.0. The smallest absolute Gasteiger partial charge is 0.170 e. The summed E-state index contributed by atoms with van der Waals surface area (Å²) in [6.45, 7) is -5.16. The summed E-state index contributed by atoms with van der Waals surface area (Å²) in [5, 5.41) is 167. The number of aromatic nitrogens is 4. The Labute approximate surface area is 591 Å². The van der Waals surface area contributed by atoms with E-state index in [0.29, 0.717) is 48.6 Å². The Balaban J connectivity index is 1.18. The van der Waals surface area contributed by atoms with E-state index in [4.69, 9.17) is 18.9 Å². The van der Waals surface area contributed by atoms with Crippen molar-refractivity contribution in [2.75, 3.05) is 26.4 Å². The molecule has 0 spiro atoms. The molecule has 578 valence electrons. The van der Waals surface area contributed by atoms with E-state index in [1.165, 1.54) is 0 Å². The lowest BCUT2D eigenvalue weighted by atomic mass is 9.89. The number of rotatable bonds is 12. The van der Waals surface area contributed by atoms with Crippen LogP contribution in [-0.4, -0.2) is 226 Å². The summed E-state index contributed by atoms with van der Waals surface area (Å²) in [6, 6.07) is 2.28. The van der Waals surface area contributed by atoms with Gasteiger partial charge >= 0.3 is 0 Å². The first-order chi connectivity index (χ1) is 51.1. The van der Waals surface area contributed by atoms with Crippen molar-refractivity contribution in [3.05, 3.63) is 162 Å². The molecule has 8 bridgehead atoms. The van der Waals surface area contributed by atoms with Crippen molar-refractivity contribution in [1.82, 2.24) is 19.9 Å². The molecular weight excluding hydrogens is 1500 g/mol. The fourth-order valence-electron chi connectivity index (χ4n) is 14.1. The van der Waals surface area contributed by atoms with E-state index < -0.39 is 353 Å². The fraction of sp³-hybridized carbons (Fsp3) is 0.353. The Morgan fingerprint density at radius 1 is 0.241 bits per heavy atom. The highest BCUT2D eigenvalue weighted by atomic mass is 19.2. The molecule has 0 amide bonds. The third-order valence-electron chi connectivity index (χ3n) is 19.7. The van der Waals surface area contributed by atoms with Crippen molar-refractivity contribution < 1.29 is 171 Å². The molecule has 0 radical (unpaired) electrons. The van der Waals surface area contributed by atoms with Crippen LogP contribution in [0.15, 0.2) is 24.3 Å². The number of fused-ring (bicyclic) bond motifs is 8. The summed E-state index contributed by atoms with van der Waals surface area (Å²) >= 11 is 0. The number of ether oxygens (including phenoxy) is 4. The van der Waals surface area contributed by atoms with Gasteiger partial charge in [0.1, 0.15) is 122 Å². The number of nitrogens with one attached hydrogen (secondary N) is 2. The minimum atomic E-state index is -2.74. The van der Waals surface area contributed by atoms with Crippen LogP contribution in [0.5, 0.6) is 0 Å². The first-order valence-electron chi connectivity index (χ1n) is 31.9. The highest BCUT2D eigenvalue weighted by Crippen LogP contribution is 2.50. The standard InChI is InChI=1S/C68H54F16N4O20/c69-37-29(38(70)46(78)33(45(37)77)65-61(101)57(97)53(93)21(9-89)105-65)25-13-1-2-14(85-13)26(30-39(71)47(79)34(48(80)40(30)72)66-62(102)58(98)54(94)22(10-90)106-66)16-5-6-18(87-16)28(32-43(75)51(83)36(52(84)44(32)76)68-64(104)60(100)56(96)24(12-92)108-68)20-8-7-19(88-20)27(17-4-3-15(25)86-17)31-41(73)49(81)35(50(82)42(31)74)67-63(103)59(99)55(95)23(11-91)107-67/h1-8,21-24,53-68,85,88-104H,9-12H2/t21-,22-,23-,24-,53-,54-,55-,56-,57+,58+,59+,60+,61-,62-,63-,64-,65+,66+,67+,68+/m1/s1. The van der Waals surface area contributed by atoms with Gasteiger partial charge in [-0.3, -0.25) is 0 Å². The average molecular weight is 1550 g/mol. The number of hydrogen-bond acceptors (Lipinski definition) is 22. The van der Waals surface area contributed by atoms with E-state index in [-0.39, 0.29) is 0 Å². The molecule has 0 unspecified atom stereocenters. The zero-order valence-corrected chi connectivity index (χ0v) is 53.7. The summed E-state index contributed by atoms with van der Waals surface area (Å²) in [5.74, 6) is -41.1. The number of aliphatic hydroxyl groups excluding tert-OH is 16. The molecule has 108 heavy (non-hydrogen) atoms. The van der Waals surface area contributed by atoms with Gasteiger partial charge in [-0.05, 0) is 48.6 Å². The lowest BCUT2D eigenvalue weighted by molar-refractivity contribution is -0.233. The highest BCUT2D eigenvalue weighted by Gasteiger charge is 2.53. The van der Waals surface area contributed by atoms with E-state index in [2.05, 4.69) is 19.9 Å². The van der Waals surface area contributed by atoms with Gasteiger partial charge in [-0.15, -0.1) is 0 Å². The number of aliphatic hydroxyl groups is 16. The van der Waals surface area contributed by atoms with Crippen LogP contribution in [0.25, 0.3) is 90.9 Å². The summed E-state index contributed by atoms with van der Waals surface area (Å²) < 4.78 is 298. The Bertz CT molecular complexity index is 4350. The minimum absolute atomic E-state index is 0.542. The lowest BCUT2D eigenvalue weighted by Crippen LogP contribution is -2.55. The van der Waals surface area contributed by atoms with Gasteiger partial charge in [0.2, 0.25) is 0 Å². The Morgan fingerprint density at radius 2 is 0.407 bits per heavy atom. The highest BCUT2D eigenvalue weighted by molar-refractivity contribution is 6.00. The van der Waals surface area contributed by atoms with Gasteiger partial charge in [-0.25, -0.2) is 80.2 Å². The quantitative estimate of drug-likeness (QED) is 0.0613. The molecule has 0 aliphatic carbocycles. The van der Waals surface area contributed by atoms with E-state index in [1.54, 1.807) is 0 Å². The first-order valence-corrected chi connectivity index (χ1v) is 31.9. The van der Waals surface area contributed by atoms with E-state index in [9.17, 15) is 81.7 Å². The Morgan fingerprint density at radius 3 is 0.565 bits per heavy atom. The number of aromatic amines is 2. The number of nitrogens with zero attached hydrogens (tertiary/aromatic N) is 2. The van der Waals surface area contributed by atoms with Gasteiger partial charge in [-0.1, -0.05) is 0 Å². The average Bonchev–Trinajstić information content (AvgIpc) is 1.48. The maximum Gasteiger partial charge on any atom is 0.170 e. The molecule has 40 heteroatoms. The third-order valence-corrected chi connectivity index (χ3v) is 19.7. The van der Waals surface area contributed by atoms with Crippen molar-refractivity contribution in [3.63, 3.8) is 0 Å². The van der Waals surface area contributed by atoms with Crippen LogP contribution in [0.1, 0.15) is 69.4 Å². The van der Waals surface area contributed by atoms with Gasteiger partial charge in [0.25, 0.3) is 0 Å². The van der Waals surface area contributed by atoms with Crippen molar-refractivity contribution in [2.24, 2.45) is 0 Å². The van der Waals surface area contributed by atoms with E-state index >= 15 is 70.2 Å². The molecule has 3 aromatic heterocycles. The van der Waals surface area contributed by atoms with Crippen molar-refractivity contribution in [1.29, 1.82) is 0 Å². The van der Waals surface area contributed by atoms with E-state index in [0.717, 1.165) is 0 Å². The van der Waals surface area contributed by atoms with Crippen LogP contribution < -0.4 is 0 Å². The molecule has 0 saturated carbocycles.